The van der Waals surface area contributed by atoms with Gasteiger partial charge in [0.15, 0.2) is 0 Å². The van der Waals surface area contributed by atoms with Crippen molar-refractivity contribution in [3.63, 3.8) is 0 Å². The predicted octanol–water partition coefficient (Wildman–Crippen LogP) is 5.32. The van der Waals surface area contributed by atoms with Crippen molar-refractivity contribution in [2.75, 3.05) is 0 Å². The van der Waals surface area contributed by atoms with Crippen LogP contribution in [-0.2, 0) is 14.3 Å². The lowest BCUT2D eigenvalue weighted by molar-refractivity contribution is -0.132. The van der Waals surface area contributed by atoms with Crippen molar-refractivity contribution in [1.29, 1.82) is 0 Å². The summed E-state index contributed by atoms with van der Waals surface area (Å²) in [5.74, 6) is -0.261. The molecule has 1 fully saturated rings. The van der Waals surface area contributed by atoms with Gasteiger partial charge in [-0.05, 0) is 43.2 Å². The van der Waals surface area contributed by atoms with Crippen molar-refractivity contribution in [3.8, 4) is 5.75 Å². The topological polar surface area (TPSA) is 61.8 Å². The number of hydrogen-bond donors (Lipinski definition) is 0. The fourth-order valence-corrected chi connectivity index (χ4v) is 4.17. The van der Waals surface area contributed by atoms with Gasteiger partial charge in [-0.25, -0.2) is 4.79 Å². The Bertz CT molecular complexity index is 973. The molecule has 2 aliphatic rings. The minimum Gasteiger partial charge on any atom is -0.493 e. The quantitative estimate of drug-likeness (QED) is 0.558. The van der Waals surface area contributed by atoms with E-state index in [0.717, 1.165) is 4.47 Å². The van der Waals surface area contributed by atoms with Crippen LogP contribution in [0.3, 0.4) is 0 Å². The van der Waals surface area contributed by atoms with Crippen molar-refractivity contribution in [2.45, 2.75) is 31.5 Å². The molecule has 0 bridgehead atoms. The summed E-state index contributed by atoms with van der Waals surface area (Å²) >= 11 is 9.45. The monoisotopic (exact) mass is 476 g/mol. The van der Waals surface area contributed by atoms with E-state index in [-0.39, 0.29) is 35.6 Å². The van der Waals surface area contributed by atoms with E-state index in [2.05, 4.69) is 15.9 Å². The number of carbonyl (C=O) groups excluding carboxylic acids is 2. The third-order valence-electron chi connectivity index (χ3n) is 5.06. The number of carbonyl (C=O) groups is 2. The SMILES string of the molecule is O=C(OC1CCC2C(=O)C(Oc3ccccc3Cl)=COC2C1)c1cccc(Br)c1. The Morgan fingerprint density at radius 3 is 2.76 bits per heavy atom. The number of para-hydroxylation sites is 1. The fraction of sp³-hybridized carbons (Fsp3) is 0.273. The number of ketones is 1. The lowest BCUT2D eigenvalue weighted by Crippen LogP contribution is -2.43. The molecule has 7 heteroatoms. The zero-order chi connectivity index (χ0) is 20.4. The molecule has 29 heavy (non-hydrogen) atoms. The zero-order valence-corrected chi connectivity index (χ0v) is 17.7. The second-order valence-electron chi connectivity index (χ2n) is 7.01. The summed E-state index contributed by atoms with van der Waals surface area (Å²) in [5.41, 5.74) is 0.484. The van der Waals surface area contributed by atoms with Crippen LogP contribution in [0.5, 0.6) is 5.75 Å². The predicted molar refractivity (Wildman–Crippen MR) is 111 cm³/mol. The molecule has 2 aromatic carbocycles. The van der Waals surface area contributed by atoms with Crippen molar-refractivity contribution >= 4 is 39.3 Å². The summed E-state index contributed by atoms with van der Waals surface area (Å²) < 4.78 is 17.9. The first-order valence-electron chi connectivity index (χ1n) is 9.30. The Kier molecular flexibility index (Phi) is 5.92. The Hall–Kier alpha value is -2.31. The van der Waals surface area contributed by atoms with E-state index < -0.39 is 0 Å². The molecule has 150 valence electrons. The maximum absolute atomic E-state index is 12.8. The highest BCUT2D eigenvalue weighted by atomic mass is 79.9. The first kappa shape index (κ1) is 20.0. The molecule has 0 spiro atoms. The molecule has 5 nitrogen and oxygen atoms in total. The van der Waals surface area contributed by atoms with Gasteiger partial charge in [0.2, 0.25) is 11.5 Å². The molecule has 3 unspecified atom stereocenters. The highest BCUT2D eigenvalue weighted by Gasteiger charge is 2.42. The maximum Gasteiger partial charge on any atom is 0.338 e. The lowest BCUT2D eigenvalue weighted by atomic mass is 9.80. The molecule has 1 aliphatic carbocycles. The normalized spacial score (nSPS) is 23.4. The van der Waals surface area contributed by atoms with Crippen LogP contribution in [-0.4, -0.2) is 24.0 Å². The van der Waals surface area contributed by atoms with Gasteiger partial charge in [-0.2, -0.15) is 0 Å². The number of esters is 1. The van der Waals surface area contributed by atoms with Gasteiger partial charge >= 0.3 is 5.97 Å². The molecule has 0 radical (unpaired) electrons. The largest absolute Gasteiger partial charge is 0.493 e. The first-order chi connectivity index (χ1) is 14.0. The van der Waals surface area contributed by atoms with Crippen LogP contribution in [0.4, 0.5) is 0 Å². The molecule has 3 atom stereocenters. The summed E-state index contributed by atoms with van der Waals surface area (Å²) in [7, 11) is 0. The lowest BCUT2D eigenvalue weighted by Gasteiger charge is -2.36. The van der Waals surface area contributed by atoms with Gasteiger partial charge in [0.25, 0.3) is 0 Å². The van der Waals surface area contributed by atoms with Crippen LogP contribution in [0.25, 0.3) is 0 Å². The van der Waals surface area contributed by atoms with E-state index >= 15 is 0 Å². The van der Waals surface area contributed by atoms with E-state index in [1.54, 1.807) is 42.5 Å². The minimum absolute atomic E-state index is 0.113. The van der Waals surface area contributed by atoms with Crippen LogP contribution in [0.1, 0.15) is 29.6 Å². The van der Waals surface area contributed by atoms with Gasteiger partial charge in [0.05, 0.1) is 16.5 Å². The molecular formula is C22H18BrClO5. The van der Waals surface area contributed by atoms with Gasteiger partial charge in [-0.15, -0.1) is 0 Å². The van der Waals surface area contributed by atoms with Crippen molar-refractivity contribution in [2.24, 2.45) is 5.92 Å². The number of rotatable bonds is 4. The van der Waals surface area contributed by atoms with E-state index in [9.17, 15) is 9.59 Å². The summed E-state index contributed by atoms with van der Waals surface area (Å²) in [5, 5.41) is 0.423. The number of fused-ring (bicyclic) bond motifs is 1. The van der Waals surface area contributed by atoms with Crippen molar-refractivity contribution in [1.82, 2.24) is 0 Å². The fourth-order valence-electron chi connectivity index (χ4n) is 3.60. The first-order valence-corrected chi connectivity index (χ1v) is 10.5. The standard InChI is InChI=1S/C22H18BrClO5/c23-14-5-3-4-13(10-14)22(26)28-15-8-9-16-19(11-15)27-12-20(21(16)25)29-18-7-2-1-6-17(18)24/h1-7,10,12,15-16,19H,8-9,11H2. The number of hydrogen-bond acceptors (Lipinski definition) is 5. The van der Waals surface area contributed by atoms with Gasteiger partial charge in [0, 0.05) is 10.9 Å². The molecule has 1 aliphatic heterocycles. The molecule has 4 rings (SSSR count). The Labute approximate surface area is 181 Å². The molecule has 0 amide bonds. The third kappa shape index (κ3) is 4.49. The number of halogens is 2. The minimum atomic E-state index is -0.379. The summed E-state index contributed by atoms with van der Waals surface area (Å²) in [6.07, 6.45) is 2.32. The average Bonchev–Trinajstić information content (AvgIpc) is 2.71. The molecule has 2 aromatic rings. The van der Waals surface area contributed by atoms with Gasteiger partial charge < -0.3 is 14.2 Å². The third-order valence-corrected chi connectivity index (χ3v) is 5.87. The number of ether oxygens (including phenoxy) is 3. The van der Waals surface area contributed by atoms with E-state index in [1.807, 2.05) is 6.07 Å². The van der Waals surface area contributed by atoms with Gasteiger partial charge in [-0.1, -0.05) is 45.7 Å². The zero-order valence-electron chi connectivity index (χ0n) is 15.3. The van der Waals surface area contributed by atoms with Crippen molar-refractivity contribution in [3.05, 3.63) is 75.6 Å². The summed E-state index contributed by atoms with van der Waals surface area (Å²) in [6.45, 7) is 0. The van der Waals surface area contributed by atoms with Crippen LogP contribution in [0, 0.1) is 5.92 Å². The Morgan fingerprint density at radius 1 is 1.14 bits per heavy atom. The van der Waals surface area contributed by atoms with Crippen LogP contribution in [0.2, 0.25) is 5.02 Å². The summed E-state index contributed by atoms with van der Waals surface area (Å²) in [4.78, 5) is 25.2. The molecule has 0 saturated heterocycles. The van der Waals surface area contributed by atoms with Crippen LogP contribution in [0.15, 0.2) is 65.0 Å². The summed E-state index contributed by atoms with van der Waals surface area (Å²) in [6, 6.07) is 14.0. The molecule has 0 aromatic heterocycles. The maximum atomic E-state index is 12.8. The molecular weight excluding hydrogens is 460 g/mol. The van der Waals surface area contributed by atoms with Gasteiger partial charge in [0.1, 0.15) is 24.2 Å². The number of Topliss-reactive ketones (excluding diaryl/α,β-unsaturated/α-hetero) is 1. The molecule has 0 N–H and O–H groups in total. The molecule has 1 heterocycles. The van der Waals surface area contributed by atoms with Crippen molar-refractivity contribution < 1.29 is 23.8 Å². The van der Waals surface area contributed by atoms with E-state index in [0.29, 0.717) is 35.6 Å². The number of allylic oxidation sites excluding steroid dienone is 1. The van der Waals surface area contributed by atoms with Crippen LogP contribution < -0.4 is 4.74 Å². The van der Waals surface area contributed by atoms with E-state index in [4.69, 9.17) is 25.8 Å². The molecule has 1 saturated carbocycles. The highest BCUT2D eigenvalue weighted by Crippen LogP contribution is 2.36. The second-order valence-corrected chi connectivity index (χ2v) is 8.33. The average molecular weight is 478 g/mol. The van der Waals surface area contributed by atoms with Gasteiger partial charge in [-0.3, -0.25) is 4.79 Å². The smallest absolute Gasteiger partial charge is 0.338 e. The highest BCUT2D eigenvalue weighted by molar-refractivity contribution is 9.10. The Balaban J connectivity index is 1.40. The van der Waals surface area contributed by atoms with E-state index in [1.165, 1.54) is 6.26 Å². The Morgan fingerprint density at radius 2 is 1.97 bits per heavy atom. The second kappa shape index (κ2) is 8.59. The van der Waals surface area contributed by atoms with Crippen LogP contribution >= 0.6 is 27.5 Å². The number of benzene rings is 2.